The van der Waals surface area contributed by atoms with E-state index in [0.29, 0.717) is 40.4 Å². The summed E-state index contributed by atoms with van der Waals surface area (Å²) in [4.78, 5) is 25.9. The third-order valence-corrected chi connectivity index (χ3v) is 6.15. The van der Waals surface area contributed by atoms with E-state index in [1.807, 2.05) is 0 Å². The number of hydrogen-bond acceptors (Lipinski definition) is 7. The lowest BCUT2D eigenvalue weighted by Crippen LogP contribution is -2.31. The van der Waals surface area contributed by atoms with Gasteiger partial charge in [0.05, 0.1) is 29.0 Å². The fourth-order valence-corrected chi connectivity index (χ4v) is 4.16. The number of aromatic nitrogens is 3. The van der Waals surface area contributed by atoms with Crippen LogP contribution in [0, 0.1) is 11.8 Å². The molecule has 4 rings (SSSR count). The molecular formula is C22H29ClN6O2. The monoisotopic (exact) mass is 444 g/mol. The predicted octanol–water partition coefficient (Wildman–Crippen LogP) is 3.36. The number of rotatable bonds is 6. The van der Waals surface area contributed by atoms with Gasteiger partial charge in [-0.05, 0) is 44.2 Å². The Morgan fingerprint density at radius 1 is 1.16 bits per heavy atom. The summed E-state index contributed by atoms with van der Waals surface area (Å²) in [5.74, 6) is 1.67. The van der Waals surface area contributed by atoms with Crippen molar-refractivity contribution in [2.45, 2.75) is 32.1 Å². The molecule has 3 N–H and O–H groups in total. The molecule has 1 amide bonds. The van der Waals surface area contributed by atoms with E-state index in [1.54, 1.807) is 24.7 Å². The molecule has 31 heavy (non-hydrogen) atoms. The molecule has 2 fully saturated rings. The SMILES string of the molecule is O=C(Nc1cc(-c2cncc(NCC3CCOCC3)n2)c(Cl)cn1)C1CCCCNC1. The maximum atomic E-state index is 12.7. The van der Waals surface area contributed by atoms with Gasteiger partial charge in [0.1, 0.15) is 11.6 Å². The largest absolute Gasteiger partial charge is 0.381 e. The van der Waals surface area contributed by atoms with Crippen molar-refractivity contribution in [3.63, 3.8) is 0 Å². The lowest BCUT2D eigenvalue weighted by Gasteiger charge is -2.22. The van der Waals surface area contributed by atoms with Crippen LogP contribution in [-0.4, -0.2) is 53.7 Å². The average Bonchev–Trinajstić information content (AvgIpc) is 3.10. The van der Waals surface area contributed by atoms with E-state index in [1.165, 1.54) is 0 Å². The zero-order valence-electron chi connectivity index (χ0n) is 17.6. The van der Waals surface area contributed by atoms with Crippen LogP contribution in [-0.2, 0) is 9.53 Å². The molecule has 2 aliphatic heterocycles. The average molecular weight is 445 g/mol. The zero-order valence-corrected chi connectivity index (χ0v) is 18.3. The van der Waals surface area contributed by atoms with Crippen molar-refractivity contribution >= 4 is 29.1 Å². The van der Waals surface area contributed by atoms with Crippen molar-refractivity contribution in [3.8, 4) is 11.3 Å². The van der Waals surface area contributed by atoms with Crippen LogP contribution in [0.4, 0.5) is 11.6 Å². The molecule has 4 heterocycles. The summed E-state index contributed by atoms with van der Waals surface area (Å²) < 4.78 is 5.42. The van der Waals surface area contributed by atoms with E-state index >= 15 is 0 Å². The Morgan fingerprint density at radius 3 is 2.90 bits per heavy atom. The van der Waals surface area contributed by atoms with Gasteiger partial charge in [0.15, 0.2) is 0 Å². The molecule has 8 nitrogen and oxygen atoms in total. The van der Waals surface area contributed by atoms with Crippen LogP contribution in [0.2, 0.25) is 5.02 Å². The summed E-state index contributed by atoms with van der Waals surface area (Å²) in [6, 6.07) is 1.76. The molecular weight excluding hydrogens is 416 g/mol. The van der Waals surface area contributed by atoms with Gasteiger partial charge in [-0.2, -0.15) is 0 Å². The molecule has 2 saturated heterocycles. The van der Waals surface area contributed by atoms with E-state index < -0.39 is 0 Å². The second-order valence-electron chi connectivity index (χ2n) is 8.16. The molecule has 1 atom stereocenters. The van der Waals surface area contributed by atoms with E-state index in [4.69, 9.17) is 16.3 Å². The van der Waals surface area contributed by atoms with Crippen molar-refractivity contribution in [1.29, 1.82) is 0 Å². The highest BCUT2D eigenvalue weighted by molar-refractivity contribution is 6.33. The van der Waals surface area contributed by atoms with Crippen LogP contribution in [0.1, 0.15) is 32.1 Å². The Kier molecular flexibility index (Phi) is 7.66. The van der Waals surface area contributed by atoms with Crippen LogP contribution in [0.3, 0.4) is 0 Å². The third-order valence-electron chi connectivity index (χ3n) is 5.85. The second kappa shape index (κ2) is 10.8. The van der Waals surface area contributed by atoms with E-state index in [9.17, 15) is 4.79 Å². The smallest absolute Gasteiger partial charge is 0.229 e. The minimum absolute atomic E-state index is 0.0202. The molecule has 0 saturated carbocycles. The summed E-state index contributed by atoms with van der Waals surface area (Å²) in [7, 11) is 0. The predicted molar refractivity (Wildman–Crippen MR) is 121 cm³/mol. The van der Waals surface area contributed by atoms with Gasteiger partial charge in [0, 0.05) is 38.1 Å². The molecule has 0 aliphatic carbocycles. The number of ether oxygens (including phenoxy) is 1. The number of nitrogens with one attached hydrogen (secondary N) is 3. The second-order valence-corrected chi connectivity index (χ2v) is 8.57. The minimum Gasteiger partial charge on any atom is -0.381 e. The summed E-state index contributed by atoms with van der Waals surface area (Å²) in [6.45, 7) is 4.12. The van der Waals surface area contributed by atoms with Crippen LogP contribution in [0.5, 0.6) is 0 Å². The molecule has 0 bridgehead atoms. The van der Waals surface area contributed by atoms with Crippen LogP contribution in [0.25, 0.3) is 11.3 Å². The number of anilines is 2. The Morgan fingerprint density at radius 2 is 2.03 bits per heavy atom. The minimum atomic E-state index is -0.0547. The maximum Gasteiger partial charge on any atom is 0.229 e. The molecule has 2 aromatic rings. The summed E-state index contributed by atoms with van der Waals surface area (Å²) in [6.07, 6.45) is 10.1. The Bertz CT molecular complexity index is 882. The fraction of sp³-hybridized carbons (Fsp3) is 0.545. The molecule has 2 aliphatic rings. The highest BCUT2D eigenvalue weighted by Crippen LogP contribution is 2.28. The molecule has 0 aromatic carbocycles. The standard InChI is InChI=1S/C22H29ClN6O2/c23-18-12-27-20(29-22(30)16-3-1-2-6-24-11-16)9-17(18)19-13-25-14-21(28-19)26-10-15-4-7-31-8-5-15/h9,12-16,24H,1-8,10-11H2,(H,26,28)(H,27,29,30). The van der Waals surface area contributed by atoms with Gasteiger partial charge >= 0.3 is 0 Å². The quantitative estimate of drug-likeness (QED) is 0.627. The number of hydrogen-bond donors (Lipinski definition) is 3. The summed E-state index contributed by atoms with van der Waals surface area (Å²) >= 11 is 6.40. The lowest BCUT2D eigenvalue weighted by atomic mass is 10.0. The Balaban J connectivity index is 1.44. The number of carbonyl (C=O) groups excluding carboxylic acids is 1. The molecule has 1 unspecified atom stereocenters. The van der Waals surface area contributed by atoms with Crippen LogP contribution in [0.15, 0.2) is 24.7 Å². The van der Waals surface area contributed by atoms with Crippen molar-refractivity contribution < 1.29 is 9.53 Å². The van der Waals surface area contributed by atoms with Crippen molar-refractivity contribution in [2.24, 2.45) is 11.8 Å². The first-order valence-electron chi connectivity index (χ1n) is 11.0. The van der Waals surface area contributed by atoms with E-state index in [0.717, 1.165) is 58.4 Å². The number of halogens is 1. The van der Waals surface area contributed by atoms with Crippen LogP contribution >= 0.6 is 11.6 Å². The third kappa shape index (κ3) is 6.12. The molecule has 0 spiro atoms. The Labute approximate surface area is 187 Å². The van der Waals surface area contributed by atoms with Gasteiger partial charge in [0.2, 0.25) is 5.91 Å². The summed E-state index contributed by atoms with van der Waals surface area (Å²) in [5.41, 5.74) is 1.32. The van der Waals surface area contributed by atoms with Crippen LogP contribution < -0.4 is 16.0 Å². The lowest BCUT2D eigenvalue weighted by molar-refractivity contribution is -0.119. The zero-order chi connectivity index (χ0) is 21.5. The van der Waals surface area contributed by atoms with Gasteiger partial charge in [-0.25, -0.2) is 9.97 Å². The van der Waals surface area contributed by atoms with Gasteiger partial charge in [-0.1, -0.05) is 18.0 Å². The first-order valence-corrected chi connectivity index (χ1v) is 11.4. The molecule has 9 heteroatoms. The fourth-order valence-electron chi connectivity index (χ4n) is 3.95. The number of nitrogens with zero attached hydrogens (tertiary/aromatic N) is 3. The number of pyridine rings is 1. The van der Waals surface area contributed by atoms with Gasteiger partial charge in [0.25, 0.3) is 0 Å². The van der Waals surface area contributed by atoms with Gasteiger partial charge in [-0.15, -0.1) is 0 Å². The summed E-state index contributed by atoms with van der Waals surface area (Å²) in [5, 5.41) is 10.1. The highest BCUT2D eigenvalue weighted by atomic mass is 35.5. The first-order chi connectivity index (χ1) is 15.2. The van der Waals surface area contributed by atoms with E-state index in [2.05, 4.69) is 30.9 Å². The van der Waals surface area contributed by atoms with Crippen molar-refractivity contribution in [2.75, 3.05) is 43.5 Å². The van der Waals surface area contributed by atoms with Crippen molar-refractivity contribution in [1.82, 2.24) is 20.3 Å². The maximum absolute atomic E-state index is 12.7. The number of carbonyl (C=O) groups is 1. The highest BCUT2D eigenvalue weighted by Gasteiger charge is 2.21. The Hall–Kier alpha value is -2.29. The molecule has 166 valence electrons. The van der Waals surface area contributed by atoms with E-state index in [-0.39, 0.29) is 11.8 Å². The normalized spacial score (nSPS) is 20.1. The van der Waals surface area contributed by atoms with Gasteiger partial charge < -0.3 is 20.7 Å². The van der Waals surface area contributed by atoms with Crippen molar-refractivity contribution in [3.05, 3.63) is 29.7 Å². The first kappa shape index (κ1) is 21.9. The van der Waals surface area contributed by atoms with Gasteiger partial charge in [-0.3, -0.25) is 9.78 Å². The topological polar surface area (TPSA) is 101 Å². The molecule has 0 radical (unpaired) electrons. The number of amides is 1. The molecule has 2 aromatic heterocycles.